The number of carbonyl (C=O) groups excluding carboxylic acids is 1. The van der Waals surface area contributed by atoms with Crippen LogP contribution in [0.25, 0.3) is 6.08 Å². The van der Waals surface area contributed by atoms with Crippen molar-refractivity contribution in [3.63, 3.8) is 0 Å². The molecule has 1 aliphatic rings. The normalized spacial score (nSPS) is 15.2. The second-order valence-corrected chi connectivity index (χ2v) is 8.95. The third-order valence-corrected chi connectivity index (χ3v) is 6.67. The van der Waals surface area contributed by atoms with Crippen LogP contribution >= 0.6 is 11.3 Å². The molecular weight excluding hydrogens is 476 g/mol. The van der Waals surface area contributed by atoms with Crippen molar-refractivity contribution in [2.45, 2.75) is 26.3 Å². The van der Waals surface area contributed by atoms with Crippen molar-refractivity contribution in [1.82, 2.24) is 4.57 Å². The molecule has 36 heavy (non-hydrogen) atoms. The van der Waals surface area contributed by atoms with Crippen LogP contribution in [-0.2, 0) is 9.53 Å². The van der Waals surface area contributed by atoms with E-state index in [-0.39, 0.29) is 5.56 Å². The summed E-state index contributed by atoms with van der Waals surface area (Å²) in [5.74, 6) is 0.703. The molecule has 0 saturated heterocycles. The van der Waals surface area contributed by atoms with Gasteiger partial charge in [0, 0.05) is 0 Å². The van der Waals surface area contributed by atoms with E-state index in [0.717, 1.165) is 11.1 Å². The van der Waals surface area contributed by atoms with Crippen LogP contribution in [0.15, 0.2) is 82.2 Å². The smallest absolute Gasteiger partial charge is 0.338 e. The average molecular weight is 505 g/mol. The molecule has 1 aliphatic heterocycles. The number of carbonyl (C=O) groups is 1. The Hall–Kier alpha value is -3.91. The highest BCUT2D eigenvalue weighted by Crippen LogP contribution is 2.32. The molecule has 7 nitrogen and oxygen atoms in total. The van der Waals surface area contributed by atoms with Crippen molar-refractivity contribution >= 4 is 23.4 Å². The zero-order chi connectivity index (χ0) is 25.7. The lowest BCUT2D eigenvalue weighted by Gasteiger charge is -2.25. The molecular formula is C28H28N2O5S. The van der Waals surface area contributed by atoms with Crippen LogP contribution < -0.4 is 24.4 Å². The van der Waals surface area contributed by atoms with E-state index in [2.05, 4.69) is 6.58 Å². The first kappa shape index (κ1) is 25.2. The molecule has 0 bridgehead atoms. The highest BCUT2D eigenvalue weighted by molar-refractivity contribution is 7.07. The summed E-state index contributed by atoms with van der Waals surface area (Å²) in [7, 11) is 1.34. The summed E-state index contributed by atoms with van der Waals surface area (Å²) in [6.07, 6.45) is 4.00. The monoisotopic (exact) mass is 504 g/mol. The minimum atomic E-state index is -0.624. The lowest BCUT2D eigenvalue weighted by Crippen LogP contribution is -2.40. The van der Waals surface area contributed by atoms with Crippen molar-refractivity contribution in [2.24, 2.45) is 4.99 Å². The van der Waals surface area contributed by atoms with Crippen LogP contribution in [0.1, 0.15) is 37.4 Å². The van der Waals surface area contributed by atoms with Crippen LogP contribution in [-0.4, -0.2) is 30.9 Å². The maximum atomic E-state index is 13.7. The fourth-order valence-electron chi connectivity index (χ4n) is 4.12. The van der Waals surface area contributed by atoms with Gasteiger partial charge < -0.3 is 14.2 Å². The van der Waals surface area contributed by atoms with Gasteiger partial charge in [0.1, 0.15) is 6.61 Å². The number of hydrogen-bond acceptors (Lipinski definition) is 7. The Morgan fingerprint density at radius 2 is 1.92 bits per heavy atom. The molecule has 0 spiro atoms. The SMILES string of the molecule is C=CCOc1ccc(/C=c2\sc3n(c2=O)[C@H](c2ccccc2)C(C(=O)OC)=C(CC)N=3)cc1OCC. The number of ether oxygens (including phenoxy) is 3. The standard InChI is InChI=1S/C28H28N2O5S/c1-5-15-35-21-14-13-18(16-22(21)34-7-3)17-23-26(31)30-25(19-11-9-8-10-12-19)24(27(32)33-4)20(6-2)29-28(30)36-23/h5,8-14,16-17,25H,1,6-7,15H2,2-4H3/b23-17-/t25-/m1/s1. The van der Waals surface area contributed by atoms with Crippen LogP contribution in [0.2, 0.25) is 0 Å². The van der Waals surface area contributed by atoms with Gasteiger partial charge >= 0.3 is 5.97 Å². The summed E-state index contributed by atoms with van der Waals surface area (Å²) < 4.78 is 18.6. The van der Waals surface area contributed by atoms with Crippen molar-refractivity contribution in [3.05, 3.63) is 103 Å². The predicted octanol–water partition coefficient (Wildman–Crippen LogP) is 3.76. The molecule has 0 saturated carbocycles. The van der Waals surface area contributed by atoms with Gasteiger partial charge in [-0.15, -0.1) is 0 Å². The molecule has 0 fully saturated rings. The Kier molecular flexibility index (Phi) is 7.85. The number of allylic oxidation sites excluding steroid dienone is 1. The maximum Gasteiger partial charge on any atom is 0.338 e. The zero-order valence-corrected chi connectivity index (χ0v) is 21.3. The number of hydrogen-bond donors (Lipinski definition) is 0. The van der Waals surface area contributed by atoms with Crippen molar-refractivity contribution in [3.8, 4) is 11.5 Å². The Morgan fingerprint density at radius 3 is 2.58 bits per heavy atom. The lowest BCUT2D eigenvalue weighted by molar-refractivity contribution is -0.136. The molecule has 1 aromatic heterocycles. The maximum absolute atomic E-state index is 13.7. The highest BCUT2D eigenvalue weighted by atomic mass is 32.1. The van der Waals surface area contributed by atoms with Crippen LogP contribution in [0.3, 0.4) is 0 Å². The first-order chi connectivity index (χ1) is 17.5. The lowest BCUT2D eigenvalue weighted by atomic mass is 9.95. The molecule has 8 heteroatoms. The Morgan fingerprint density at radius 1 is 1.14 bits per heavy atom. The van der Waals surface area contributed by atoms with Gasteiger partial charge in [-0.3, -0.25) is 9.36 Å². The minimum absolute atomic E-state index is 0.228. The van der Waals surface area contributed by atoms with Crippen LogP contribution in [0.4, 0.5) is 0 Å². The van der Waals surface area contributed by atoms with E-state index >= 15 is 0 Å². The van der Waals surface area contributed by atoms with Gasteiger partial charge in [0.25, 0.3) is 5.56 Å². The summed E-state index contributed by atoms with van der Waals surface area (Å²) in [4.78, 5) is 31.8. The number of esters is 1. The quantitative estimate of drug-likeness (QED) is 0.328. The first-order valence-electron chi connectivity index (χ1n) is 11.7. The van der Waals surface area contributed by atoms with Gasteiger partial charge in [0.05, 0.1) is 35.6 Å². The summed E-state index contributed by atoms with van der Waals surface area (Å²) >= 11 is 1.29. The number of fused-ring (bicyclic) bond motifs is 1. The van der Waals surface area contributed by atoms with Gasteiger partial charge in [0.2, 0.25) is 0 Å². The van der Waals surface area contributed by atoms with Gasteiger partial charge in [-0.05, 0) is 42.7 Å². The Bertz CT molecular complexity index is 1480. The van der Waals surface area contributed by atoms with Gasteiger partial charge in [-0.1, -0.05) is 67.3 Å². The van der Waals surface area contributed by atoms with Gasteiger partial charge in [-0.25, -0.2) is 9.79 Å². The van der Waals surface area contributed by atoms with Crippen molar-refractivity contribution < 1.29 is 19.0 Å². The number of benzene rings is 2. The summed E-state index contributed by atoms with van der Waals surface area (Å²) in [6.45, 7) is 8.35. The largest absolute Gasteiger partial charge is 0.490 e. The zero-order valence-electron chi connectivity index (χ0n) is 20.5. The number of aromatic nitrogens is 1. The first-order valence-corrected chi connectivity index (χ1v) is 12.5. The van der Waals surface area contributed by atoms with Crippen molar-refractivity contribution in [2.75, 3.05) is 20.3 Å². The molecule has 3 aromatic rings. The Labute approximate surface area is 213 Å². The molecule has 2 aromatic carbocycles. The van der Waals surface area contributed by atoms with E-state index in [4.69, 9.17) is 19.2 Å². The molecule has 4 rings (SSSR count). The third kappa shape index (κ3) is 4.90. The fourth-order valence-corrected chi connectivity index (χ4v) is 5.14. The topological polar surface area (TPSA) is 79.1 Å². The van der Waals surface area contributed by atoms with Crippen LogP contribution in [0, 0.1) is 0 Å². The van der Waals surface area contributed by atoms with Gasteiger partial charge in [-0.2, -0.15) is 0 Å². The van der Waals surface area contributed by atoms with E-state index in [1.165, 1.54) is 18.4 Å². The molecule has 186 valence electrons. The third-order valence-electron chi connectivity index (χ3n) is 5.69. The van der Waals surface area contributed by atoms with E-state index in [1.54, 1.807) is 16.7 Å². The molecule has 0 unspecified atom stereocenters. The van der Waals surface area contributed by atoms with Crippen LogP contribution in [0.5, 0.6) is 11.5 Å². The summed E-state index contributed by atoms with van der Waals surface area (Å²) in [5.41, 5.74) is 2.37. The number of thiazole rings is 1. The molecule has 0 amide bonds. The average Bonchev–Trinajstić information content (AvgIpc) is 3.21. The second kappa shape index (κ2) is 11.2. The van der Waals surface area contributed by atoms with E-state index < -0.39 is 12.0 Å². The highest BCUT2D eigenvalue weighted by Gasteiger charge is 2.33. The second-order valence-electron chi connectivity index (χ2n) is 7.94. The fraction of sp³-hybridized carbons (Fsp3) is 0.250. The predicted molar refractivity (Wildman–Crippen MR) is 140 cm³/mol. The molecule has 0 aliphatic carbocycles. The number of nitrogens with zero attached hydrogens (tertiary/aromatic N) is 2. The summed E-state index contributed by atoms with van der Waals surface area (Å²) in [5, 5.41) is 0. The minimum Gasteiger partial charge on any atom is -0.490 e. The van der Waals surface area contributed by atoms with E-state index in [0.29, 0.717) is 51.7 Å². The Balaban J connectivity index is 1.89. The van der Waals surface area contributed by atoms with E-state index in [1.807, 2.05) is 62.4 Å². The van der Waals surface area contributed by atoms with Crippen molar-refractivity contribution in [1.29, 1.82) is 0 Å². The molecule has 0 radical (unpaired) electrons. The summed E-state index contributed by atoms with van der Waals surface area (Å²) in [6, 6.07) is 14.4. The number of rotatable bonds is 9. The molecule has 1 atom stereocenters. The molecule has 0 N–H and O–H groups in total. The van der Waals surface area contributed by atoms with Gasteiger partial charge in [0.15, 0.2) is 16.3 Å². The number of methoxy groups -OCH3 is 1. The van der Waals surface area contributed by atoms with E-state index in [9.17, 15) is 9.59 Å². The molecule has 2 heterocycles.